The Morgan fingerprint density at radius 2 is 1.83 bits per heavy atom. The normalized spacial score (nSPS) is 20.0. The van der Waals surface area contributed by atoms with Crippen LogP contribution in [0.3, 0.4) is 0 Å². The Morgan fingerprint density at radius 3 is 2.30 bits per heavy atom. The molecule has 2 rings (SSSR count). The average Bonchev–Trinajstić information content (AvgIpc) is 3.27. The van der Waals surface area contributed by atoms with Crippen LogP contribution in [0.2, 0.25) is 0 Å². The van der Waals surface area contributed by atoms with Crippen LogP contribution < -0.4 is 5.73 Å². The highest BCUT2D eigenvalue weighted by Gasteiger charge is 2.28. The van der Waals surface area contributed by atoms with Crippen LogP contribution in [0.4, 0.5) is 4.79 Å². The van der Waals surface area contributed by atoms with Crippen molar-refractivity contribution in [1.29, 1.82) is 0 Å². The third-order valence-electron chi connectivity index (χ3n) is 4.23. The number of hydrogen-bond donors (Lipinski definition) is 1. The van der Waals surface area contributed by atoms with Crippen LogP contribution in [-0.2, 0) is 4.74 Å². The van der Waals surface area contributed by atoms with Gasteiger partial charge in [0.2, 0.25) is 0 Å². The minimum atomic E-state index is -0.430. The van der Waals surface area contributed by atoms with Crippen LogP contribution in [0.15, 0.2) is 4.99 Å². The zero-order chi connectivity index (χ0) is 16.3. The third-order valence-corrected chi connectivity index (χ3v) is 4.23. The Bertz CT molecular complexity index is 424. The van der Waals surface area contributed by atoms with Gasteiger partial charge in [-0.25, -0.2) is 4.79 Å². The molecule has 1 saturated carbocycles. The summed E-state index contributed by atoms with van der Waals surface area (Å²) in [6, 6.07) is 0.595. The van der Waals surface area contributed by atoms with Crippen molar-refractivity contribution in [2.45, 2.75) is 58.1 Å². The predicted molar refractivity (Wildman–Crippen MR) is 103 cm³/mol. The topological polar surface area (TPSA) is 71.2 Å². The van der Waals surface area contributed by atoms with Gasteiger partial charge in [0.1, 0.15) is 5.60 Å². The molecule has 0 radical (unpaired) electrons. The van der Waals surface area contributed by atoms with Gasteiger partial charge in [0.15, 0.2) is 5.96 Å². The van der Waals surface area contributed by atoms with Gasteiger partial charge in [-0.15, -0.1) is 24.0 Å². The van der Waals surface area contributed by atoms with E-state index in [2.05, 4.69) is 9.89 Å². The number of hydrogen-bond acceptors (Lipinski definition) is 3. The summed E-state index contributed by atoms with van der Waals surface area (Å²) in [5.41, 5.74) is 5.58. The summed E-state index contributed by atoms with van der Waals surface area (Å²) in [7, 11) is 2.02. The number of amides is 1. The number of carbonyl (C=O) groups excluding carboxylic acids is 1. The van der Waals surface area contributed by atoms with Gasteiger partial charge in [-0.3, -0.25) is 4.99 Å². The molecule has 2 aliphatic rings. The Morgan fingerprint density at radius 1 is 1.26 bits per heavy atom. The molecule has 1 amide bonds. The van der Waals surface area contributed by atoms with Gasteiger partial charge < -0.3 is 20.3 Å². The maximum absolute atomic E-state index is 12.0. The first-order chi connectivity index (χ1) is 10.3. The minimum Gasteiger partial charge on any atom is -0.444 e. The van der Waals surface area contributed by atoms with Gasteiger partial charge in [0, 0.05) is 32.7 Å². The molecule has 0 unspecified atom stereocenters. The van der Waals surface area contributed by atoms with E-state index in [1.54, 1.807) is 4.90 Å². The van der Waals surface area contributed by atoms with Crippen LogP contribution in [0.5, 0.6) is 0 Å². The lowest BCUT2D eigenvalue weighted by Gasteiger charge is -2.33. The maximum Gasteiger partial charge on any atom is 0.410 e. The number of carbonyl (C=O) groups is 1. The van der Waals surface area contributed by atoms with Crippen molar-refractivity contribution in [3.05, 3.63) is 0 Å². The molecule has 23 heavy (non-hydrogen) atoms. The molecule has 0 aromatic heterocycles. The number of nitrogens with two attached hydrogens (primary N) is 1. The van der Waals surface area contributed by atoms with Gasteiger partial charge >= 0.3 is 6.09 Å². The number of ether oxygens (including phenoxy) is 1. The first kappa shape index (κ1) is 20.3. The highest BCUT2D eigenvalue weighted by molar-refractivity contribution is 14.0. The van der Waals surface area contributed by atoms with Crippen LogP contribution in [0.1, 0.15) is 46.5 Å². The zero-order valence-corrected chi connectivity index (χ0v) is 17.1. The quantitative estimate of drug-likeness (QED) is 0.418. The molecule has 0 atom stereocenters. The smallest absolute Gasteiger partial charge is 0.410 e. The van der Waals surface area contributed by atoms with Crippen LogP contribution in [-0.4, -0.2) is 60.2 Å². The second-order valence-corrected chi connectivity index (χ2v) is 7.45. The Kier molecular flexibility index (Phi) is 7.41. The number of nitrogens with zero attached hydrogens (tertiary/aromatic N) is 3. The summed E-state index contributed by atoms with van der Waals surface area (Å²) in [6.07, 6.45) is 4.16. The number of likely N-dealkylation sites (tertiary alicyclic amines) is 1. The standard InChI is InChI=1S/C16H30N4O2.HI/c1-16(2,3)22-15(21)20-9-7-12(8-10-20)11-18-14(17)19(4)13-5-6-13;/h12-13H,5-11H2,1-4H3,(H2,17,18);1H. The number of halogens is 1. The molecule has 0 aromatic rings. The largest absolute Gasteiger partial charge is 0.444 e. The monoisotopic (exact) mass is 438 g/mol. The molecule has 7 heteroatoms. The fourth-order valence-corrected chi connectivity index (χ4v) is 2.61. The van der Waals surface area contributed by atoms with Crippen LogP contribution in [0, 0.1) is 5.92 Å². The molecule has 2 fully saturated rings. The third kappa shape index (κ3) is 6.73. The fraction of sp³-hybridized carbons (Fsp3) is 0.875. The highest BCUT2D eigenvalue weighted by atomic mass is 127. The van der Waals surface area contributed by atoms with Gasteiger partial charge in [0.25, 0.3) is 0 Å². The molecule has 6 nitrogen and oxygen atoms in total. The molecule has 1 aliphatic heterocycles. The van der Waals surface area contributed by atoms with E-state index >= 15 is 0 Å². The van der Waals surface area contributed by atoms with E-state index in [1.165, 1.54) is 12.8 Å². The first-order valence-corrected chi connectivity index (χ1v) is 8.27. The van der Waals surface area contributed by atoms with E-state index in [4.69, 9.17) is 10.5 Å². The summed E-state index contributed by atoms with van der Waals surface area (Å²) >= 11 is 0. The van der Waals surface area contributed by atoms with Crippen LogP contribution in [0.25, 0.3) is 0 Å². The van der Waals surface area contributed by atoms with Crippen molar-refractivity contribution in [2.24, 2.45) is 16.6 Å². The van der Waals surface area contributed by atoms with Crippen molar-refractivity contribution in [2.75, 3.05) is 26.7 Å². The Hall–Kier alpha value is -0.730. The number of rotatable bonds is 3. The van der Waals surface area contributed by atoms with Gasteiger partial charge in [-0.05, 0) is 52.4 Å². The van der Waals surface area contributed by atoms with Crippen molar-refractivity contribution in [3.8, 4) is 0 Å². The highest BCUT2D eigenvalue weighted by Crippen LogP contribution is 2.25. The Balaban J connectivity index is 0.00000264. The van der Waals surface area contributed by atoms with Crippen LogP contribution >= 0.6 is 24.0 Å². The summed E-state index contributed by atoms with van der Waals surface area (Å²) in [5.74, 6) is 1.15. The minimum absolute atomic E-state index is 0. The van der Waals surface area contributed by atoms with E-state index in [1.807, 2.05) is 27.8 Å². The van der Waals surface area contributed by atoms with Gasteiger partial charge in [-0.1, -0.05) is 0 Å². The molecular formula is C16H31IN4O2. The van der Waals surface area contributed by atoms with E-state index < -0.39 is 5.60 Å². The second kappa shape index (κ2) is 8.39. The second-order valence-electron chi connectivity index (χ2n) is 7.45. The predicted octanol–water partition coefficient (Wildman–Crippen LogP) is 2.66. The molecule has 134 valence electrons. The lowest BCUT2D eigenvalue weighted by molar-refractivity contribution is 0.0187. The van der Waals surface area contributed by atoms with Gasteiger partial charge in [0.05, 0.1) is 0 Å². The number of aliphatic imine (C=N–C) groups is 1. The van der Waals surface area contributed by atoms with Crippen molar-refractivity contribution >= 4 is 36.0 Å². The maximum atomic E-state index is 12.0. The molecular weight excluding hydrogens is 407 g/mol. The van der Waals surface area contributed by atoms with E-state index in [-0.39, 0.29) is 30.1 Å². The Labute approximate surface area is 156 Å². The molecule has 0 aromatic carbocycles. The van der Waals surface area contributed by atoms with Crippen molar-refractivity contribution < 1.29 is 9.53 Å². The summed E-state index contributed by atoms with van der Waals surface area (Å²) < 4.78 is 5.41. The van der Waals surface area contributed by atoms with Crippen molar-refractivity contribution in [1.82, 2.24) is 9.80 Å². The van der Waals surface area contributed by atoms with Crippen molar-refractivity contribution in [3.63, 3.8) is 0 Å². The van der Waals surface area contributed by atoms with E-state index in [0.717, 1.165) is 32.5 Å². The van der Waals surface area contributed by atoms with E-state index in [0.29, 0.717) is 17.9 Å². The van der Waals surface area contributed by atoms with E-state index in [9.17, 15) is 4.79 Å². The van der Waals surface area contributed by atoms with Gasteiger partial charge in [-0.2, -0.15) is 0 Å². The number of piperidine rings is 1. The lowest BCUT2D eigenvalue weighted by atomic mass is 9.97. The summed E-state index contributed by atoms with van der Waals surface area (Å²) in [4.78, 5) is 20.4. The lowest BCUT2D eigenvalue weighted by Crippen LogP contribution is -2.42. The SMILES string of the molecule is CN(C(N)=NCC1CCN(C(=O)OC(C)(C)C)CC1)C1CC1.I. The number of guanidine groups is 1. The summed E-state index contributed by atoms with van der Waals surface area (Å²) in [5, 5.41) is 0. The fourth-order valence-electron chi connectivity index (χ4n) is 2.61. The molecule has 2 N–H and O–H groups in total. The molecule has 0 spiro atoms. The molecule has 0 bridgehead atoms. The average molecular weight is 438 g/mol. The molecule has 1 saturated heterocycles. The molecule has 1 heterocycles. The summed E-state index contributed by atoms with van der Waals surface area (Å²) in [6.45, 7) is 7.93. The molecule has 1 aliphatic carbocycles. The first-order valence-electron chi connectivity index (χ1n) is 8.27. The zero-order valence-electron chi connectivity index (χ0n) is 14.7.